The van der Waals surface area contributed by atoms with Crippen molar-refractivity contribution in [2.75, 3.05) is 6.61 Å². The van der Waals surface area contributed by atoms with E-state index in [9.17, 15) is 14.9 Å². The van der Waals surface area contributed by atoms with Crippen LogP contribution in [-0.4, -0.2) is 23.1 Å². The summed E-state index contributed by atoms with van der Waals surface area (Å²) in [4.78, 5) is 22.0. The average Bonchev–Trinajstić information content (AvgIpc) is 2.59. The van der Waals surface area contributed by atoms with Crippen LogP contribution in [0.2, 0.25) is 5.02 Å². The first-order valence-corrected chi connectivity index (χ1v) is 7.71. The van der Waals surface area contributed by atoms with Gasteiger partial charge in [0.05, 0.1) is 10.6 Å². The zero-order chi connectivity index (χ0) is 18.4. The van der Waals surface area contributed by atoms with E-state index in [0.29, 0.717) is 22.0 Å². The first kappa shape index (κ1) is 18.4. The van der Waals surface area contributed by atoms with Gasteiger partial charge in [0.25, 0.3) is 11.6 Å². The number of nitro benzene ring substituents is 1. The molecule has 0 radical (unpaired) electrons. The smallest absolute Gasteiger partial charge is 0.277 e. The van der Waals surface area contributed by atoms with Crippen LogP contribution in [-0.2, 0) is 4.79 Å². The third kappa shape index (κ3) is 5.29. The molecule has 1 amide bonds. The Morgan fingerprint density at radius 1 is 1.28 bits per heavy atom. The summed E-state index contributed by atoms with van der Waals surface area (Å²) < 4.78 is 5.42. The number of hydrazone groups is 1. The van der Waals surface area contributed by atoms with Gasteiger partial charge in [0.2, 0.25) is 0 Å². The van der Waals surface area contributed by atoms with Crippen molar-refractivity contribution in [1.29, 1.82) is 0 Å². The highest BCUT2D eigenvalue weighted by Gasteiger charge is 2.07. The van der Waals surface area contributed by atoms with Gasteiger partial charge in [0.15, 0.2) is 6.61 Å². The van der Waals surface area contributed by atoms with E-state index >= 15 is 0 Å². The minimum absolute atomic E-state index is 0.00711. The zero-order valence-electron chi connectivity index (χ0n) is 13.7. The van der Waals surface area contributed by atoms with Gasteiger partial charge in [-0.3, -0.25) is 14.9 Å². The van der Waals surface area contributed by atoms with Crippen molar-refractivity contribution in [3.63, 3.8) is 0 Å². The quantitative estimate of drug-likeness (QED) is 0.484. The fourth-order valence-electron chi connectivity index (χ4n) is 1.99. The Bertz CT molecular complexity index is 819. The predicted molar refractivity (Wildman–Crippen MR) is 95.1 cm³/mol. The summed E-state index contributed by atoms with van der Waals surface area (Å²) in [5.41, 5.74) is 4.39. The van der Waals surface area contributed by atoms with Gasteiger partial charge in [-0.2, -0.15) is 5.10 Å². The van der Waals surface area contributed by atoms with E-state index in [2.05, 4.69) is 10.5 Å². The Hall–Kier alpha value is -2.93. The molecule has 0 unspecified atom stereocenters. The second kappa shape index (κ2) is 8.25. The standard InChI is InChI=1S/C17H16ClN3O4/c1-11-9-14(18)5-8-16(11)25-10-17(22)20-19-12(2)13-3-6-15(7-4-13)21(23)24/h3-9H,10H2,1-2H3,(H,20,22). The van der Waals surface area contributed by atoms with Gasteiger partial charge in [-0.1, -0.05) is 11.6 Å². The molecule has 8 heteroatoms. The highest BCUT2D eigenvalue weighted by molar-refractivity contribution is 6.30. The Balaban J connectivity index is 1.91. The topological polar surface area (TPSA) is 93.8 Å². The molecular weight excluding hydrogens is 346 g/mol. The molecule has 0 aliphatic heterocycles. The van der Waals surface area contributed by atoms with Crippen LogP contribution in [0.25, 0.3) is 0 Å². The molecule has 0 atom stereocenters. The molecule has 7 nitrogen and oxygen atoms in total. The number of carbonyl (C=O) groups excluding carboxylic acids is 1. The molecule has 0 saturated heterocycles. The Morgan fingerprint density at radius 2 is 1.96 bits per heavy atom. The molecule has 0 aliphatic carbocycles. The van der Waals surface area contributed by atoms with E-state index in [-0.39, 0.29) is 12.3 Å². The Labute approximate surface area is 149 Å². The minimum Gasteiger partial charge on any atom is -0.483 e. The largest absolute Gasteiger partial charge is 0.483 e. The second-order valence-corrected chi connectivity index (χ2v) is 5.67. The molecule has 2 aromatic carbocycles. The number of ether oxygens (including phenoxy) is 1. The van der Waals surface area contributed by atoms with Gasteiger partial charge in [-0.05, 0) is 55.3 Å². The summed E-state index contributed by atoms with van der Waals surface area (Å²) in [5.74, 6) is 0.145. The SMILES string of the molecule is CC(=NNC(=O)COc1ccc(Cl)cc1C)c1ccc([N+](=O)[O-])cc1. The van der Waals surface area contributed by atoms with Crippen LogP contribution in [0.1, 0.15) is 18.1 Å². The summed E-state index contributed by atoms with van der Waals surface area (Å²) in [5, 5.41) is 15.2. The predicted octanol–water partition coefficient (Wildman–Crippen LogP) is 3.48. The molecule has 2 rings (SSSR count). The summed E-state index contributed by atoms with van der Waals surface area (Å²) >= 11 is 5.86. The van der Waals surface area contributed by atoms with E-state index in [1.54, 1.807) is 37.3 Å². The van der Waals surface area contributed by atoms with Crippen LogP contribution in [0.3, 0.4) is 0 Å². The lowest BCUT2D eigenvalue weighted by atomic mass is 10.1. The number of carbonyl (C=O) groups is 1. The van der Waals surface area contributed by atoms with Crippen molar-refractivity contribution in [1.82, 2.24) is 5.43 Å². The fraction of sp³-hybridized carbons (Fsp3) is 0.176. The molecule has 0 aliphatic rings. The number of nitrogens with one attached hydrogen (secondary N) is 1. The van der Waals surface area contributed by atoms with Gasteiger partial charge in [-0.25, -0.2) is 5.43 Å². The highest BCUT2D eigenvalue weighted by Crippen LogP contribution is 2.21. The van der Waals surface area contributed by atoms with E-state index < -0.39 is 10.8 Å². The van der Waals surface area contributed by atoms with Crippen molar-refractivity contribution in [2.24, 2.45) is 5.10 Å². The van der Waals surface area contributed by atoms with Gasteiger partial charge in [0, 0.05) is 17.2 Å². The van der Waals surface area contributed by atoms with Crippen molar-refractivity contribution in [3.05, 3.63) is 68.7 Å². The molecule has 0 saturated carbocycles. The van der Waals surface area contributed by atoms with Crippen molar-refractivity contribution in [2.45, 2.75) is 13.8 Å². The second-order valence-electron chi connectivity index (χ2n) is 5.23. The summed E-state index contributed by atoms with van der Waals surface area (Å²) in [6, 6.07) is 11.0. The van der Waals surface area contributed by atoms with Crippen LogP contribution in [0, 0.1) is 17.0 Å². The lowest BCUT2D eigenvalue weighted by molar-refractivity contribution is -0.384. The lowest BCUT2D eigenvalue weighted by Crippen LogP contribution is -2.25. The number of benzene rings is 2. The summed E-state index contributed by atoms with van der Waals surface area (Å²) in [7, 11) is 0. The normalized spacial score (nSPS) is 11.1. The van der Waals surface area contributed by atoms with Crippen LogP contribution in [0.15, 0.2) is 47.6 Å². The van der Waals surface area contributed by atoms with E-state index in [0.717, 1.165) is 5.56 Å². The third-order valence-corrected chi connectivity index (χ3v) is 3.58. The zero-order valence-corrected chi connectivity index (χ0v) is 14.4. The highest BCUT2D eigenvalue weighted by atomic mass is 35.5. The Morgan fingerprint density at radius 3 is 2.56 bits per heavy atom. The molecule has 0 aromatic heterocycles. The van der Waals surface area contributed by atoms with Crippen LogP contribution in [0.5, 0.6) is 5.75 Å². The molecule has 1 N–H and O–H groups in total. The number of halogens is 1. The lowest BCUT2D eigenvalue weighted by Gasteiger charge is -2.08. The number of rotatable bonds is 6. The number of nitrogens with zero attached hydrogens (tertiary/aromatic N) is 2. The number of hydrogen-bond donors (Lipinski definition) is 1. The molecule has 0 fully saturated rings. The summed E-state index contributed by atoms with van der Waals surface area (Å²) in [6.45, 7) is 3.32. The molecule has 0 heterocycles. The van der Waals surface area contributed by atoms with Crippen molar-refractivity contribution >= 4 is 28.9 Å². The number of nitro groups is 1. The molecule has 25 heavy (non-hydrogen) atoms. The van der Waals surface area contributed by atoms with Crippen LogP contribution < -0.4 is 10.2 Å². The average molecular weight is 362 g/mol. The molecule has 2 aromatic rings. The van der Waals surface area contributed by atoms with E-state index in [4.69, 9.17) is 16.3 Å². The molecule has 0 bridgehead atoms. The third-order valence-electron chi connectivity index (χ3n) is 3.34. The first-order valence-electron chi connectivity index (χ1n) is 7.33. The van der Waals surface area contributed by atoms with Crippen molar-refractivity contribution in [3.8, 4) is 5.75 Å². The number of amides is 1. The molecule has 0 spiro atoms. The first-order chi connectivity index (χ1) is 11.9. The Kier molecular flexibility index (Phi) is 6.08. The number of aryl methyl sites for hydroxylation is 1. The van der Waals surface area contributed by atoms with Gasteiger partial charge in [0.1, 0.15) is 5.75 Å². The maximum absolute atomic E-state index is 11.8. The van der Waals surface area contributed by atoms with Gasteiger partial charge >= 0.3 is 0 Å². The maximum Gasteiger partial charge on any atom is 0.277 e. The molecular formula is C17H16ClN3O4. The maximum atomic E-state index is 11.8. The summed E-state index contributed by atoms with van der Waals surface area (Å²) in [6.07, 6.45) is 0. The fourth-order valence-corrected chi connectivity index (χ4v) is 2.21. The molecule has 130 valence electrons. The van der Waals surface area contributed by atoms with Gasteiger partial charge < -0.3 is 4.74 Å². The van der Waals surface area contributed by atoms with Crippen LogP contribution in [0.4, 0.5) is 5.69 Å². The van der Waals surface area contributed by atoms with Crippen molar-refractivity contribution < 1.29 is 14.5 Å². The minimum atomic E-state index is -0.478. The number of non-ortho nitro benzene ring substituents is 1. The monoisotopic (exact) mass is 361 g/mol. The van der Waals surface area contributed by atoms with E-state index in [1.165, 1.54) is 12.1 Å². The van der Waals surface area contributed by atoms with Crippen LogP contribution >= 0.6 is 11.6 Å². The number of hydrogen-bond acceptors (Lipinski definition) is 5. The van der Waals surface area contributed by atoms with Gasteiger partial charge in [-0.15, -0.1) is 0 Å². The van der Waals surface area contributed by atoms with E-state index in [1.807, 2.05) is 6.92 Å².